The van der Waals surface area contributed by atoms with Crippen LogP contribution in [-0.4, -0.2) is 65.8 Å². The Bertz CT molecular complexity index is 1230. The minimum Gasteiger partial charge on any atom is -0.462 e. The van der Waals surface area contributed by atoms with Crippen molar-refractivity contribution in [1.29, 1.82) is 0 Å². The second-order valence-electron chi connectivity index (χ2n) is 8.32. The van der Waals surface area contributed by atoms with Crippen molar-refractivity contribution in [2.75, 3.05) is 31.6 Å². The molecule has 0 saturated carbocycles. The summed E-state index contributed by atoms with van der Waals surface area (Å²) in [6.07, 6.45) is -0.203. The molecule has 0 bridgehead atoms. The maximum Gasteiger partial charge on any atom is 0.345 e. The van der Waals surface area contributed by atoms with E-state index in [1.807, 2.05) is 19.9 Å². The van der Waals surface area contributed by atoms with Crippen molar-refractivity contribution >= 4 is 40.6 Å². The van der Waals surface area contributed by atoms with E-state index >= 15 is 0 Å². The Balaban J connectivity index is 1.60. The number of carbonyl (C=O) groups excluding carboxylic acids is 3. The molecule has 1 N–H and O–H groups in total. The SMILES string of the molecule is CCOC(=O)c1ccc(Nc2cccc(C3=NOC(CC(=O)OCC(=O)N(CC)CC)C3)c2)cc1[N+](=O)[O-]. The van der Waals surface area contributed by atoms with E-state index in [4.69, 9.17) is 14.3 Å². The Labute approximate surface area is 219 Å². The summed E-state index contributed by atoms with van der Waals surface area (Å²) < 4.78 is 9.98. The van der Waals surface area contributed by atoms with Crippen molar-refractivity contribution in [2.24, 2.45) is 5.16 Å². The summed E-state index contributed by atoms with van der Waals surface area (Å²) in [5, 5.41) is 18.7. The van der Waals surface area contributed by atoms with Crippen LogP contribution in [0.2, 0.25) is 0 Å². The number of likely N-dealkylation sites (N-methyl/N-ethyl adjacent to an activating group) is 1. The molecule has 2 aromatic carbocycles. The highest BCUT2D eigenvalue weighted by Crippen LogP contribution is 2.28. The predicted octanol–water partition coefficient (Wildman–Crippen LogP) is 3.81. The maximum atomic E-state index is 12.2. The molecule has 1 heterocycles. The fourth-order valence-electron chi connectivity index (χ4n) is 3.85. The Morgan fingerprint density at radius 1 is 1.11 bits per heavy atom. The van der Waals surface area contributed by atoms with Crippen molar-refractivity contribution in [3.05, 3.63) is 63.7 Å². The van der Waals surface area contributed by atoms with E-state index in [1.54, 1.807) is 36.1 Å². The highest BCUT2D eigenvalue weighted by atomic mass is 16.6. The zero-order chi connectivity index (χ0) is 27.7. The number of ether oxygens (including phenoxy) is 2. The van der Waals surface area contributed by atoms with Gasteiger partial charge in [0, 0.05) is 42.5 Å². The van der Waals surface area contributed by atoms with Gasteiger partial charge in [-0.3, -0.25) is 19.7 Å². The van der Waals surface area contributed by atoms with Gasteiger partial charge in [0.05, 0.1) is 23.7 Å². The van der Waals surface area contributed by atoms with E-state index in [-0.39, 0.29) is 36.8 Å². The van der Waals surface area contributed by atoms with E-state index in [9.17, 15) is 24.5 Å². The summed E-state index contributed by atoms with van der Waals surface area (Å²) in [6, 6.07) is 11.3. The Hall–Kier alpha value is -4.48. The number of hydrogen-bond acceptors (Lipinski definition) is 10. The first-order valence-corrected chi connectivity index (χ1v) is 12.2. The van der Waals surface area contributed by atoms with Crippen LogP contribution in [0.15, 0.2) is 47.6 Å². The number of oxime groups is 1. The second kappa shape index (κ2) is 13.2. The lowest BCUT2D eigenvalue weighted by atomic mass is 10.0. The van der Waals surface area contributed by atoms with Crippen LogP contribution >= 0.6 is 0 Å². The van der Waals surface area contributed by atoms with Crippen molar-refractivity contribution in [1.82, 2.24) is 4.90 Å². The average molecular weight is 527 g/mol. The number of carbonyl (C=O) groups is 3. The first-order chi connectivity index (χ1) is 18.2. The maximum absolute atomic E-state index is 12.2. The largest absolute Gasteiger partial charge is 0.462 e. The van der Waals surface area contributed by atoms with E-state index in [2.05, 4.69) is 10.5 Å². The summed E-state index contributed by atoms with van der Waals surface area (Å²) >= 11 is 0. The van der Waals surface area contributed by atoms with Gasteiger partial charge < -0.3 is 24.5 Å². The topological polar surface area (TPSA) is 150 Å². The lowest BCUT2D eigenvalue weighted by molar-refractivity contribution is -0.385. The van der Waals surface area contributed by atoms with Crippen LogP contribution in [0, 0.1) is 10.1 Å². The molecule has 12 nitrogen and oxygen atoms in total. The number of benzene rings is 2. The molecular weight excluding hydrogens is 496 g/mol. The minimum absolute atomic E-state index is 0.0487. The van der Waals surface area contributed by atoms with Gasteiger partial charge >= 0.3 is 11.9 Å². The first kappa shape index (κ1) is 28.1. The van der Waals surface area contributed by atoms with Gasteiger partial charge in [-0.15, -0.1) is 0 Å². The molecule has 0 aromatic heterocycles. The Kier molecular flexibility index (Phi) is 9.74. The van der Waals surface area contributed by atoms with Gasteiger partial charge in [0.25, 0.3) is 11.6 Å². The number of esters is 2. The molecule has 0 spiro atoms. The normalized spacial score (nSPS) is 14.2. The molecular formula is C26H30N4O8. The van der Waals surface area contributed by atoms with Gasteiger partial charge in [0.2, 0.25) is 0 Å². The van der Waals surface area contributed by atoms with Gasteiger partial charge in [-0.2, -0.15) is 0 Å². The third-order valence-electron chi connectivity index (χ3n) is 5.77. The average Bonchev–Trinajstić information content (AvgIpc) is 3.37. The van der Waals surface area contributed by atoms with Crippen molar-refractivity contribution in [3.63, 3.8) is 0 Å². The van der Waals surface area contributed by atoms with Gasteiger partial charge in [0.15, 0.2) is 6.61 Å². The van der Waals surface area contributed by atoms with Gasteiger partial charge in [-0.05, 0) is 45.0 Å². The number of anilines is 2. The molecule has 1 aliphatic rings. The first-order valence-electron chi connectivity index (χ1n) is 12.2. The molecule has 202 valence electrons. The summed E-state index contributed by atoms with van der Waals surface area (Å²) in [5.74, 6) is -1.56. The van der Waals surface area contributed by atoms with Gasteiger partial charge in [-0.1, -0.05) is 17.3 Å². The van der Waals surface area contributed by atoms with E-state index < -0.39 is 23.0 Å². The summed E-state index contributed by atoms with van der Waals surface area (Å²) in [6.45, 7) is 6.20. The van der Waals surface area contributed by atoms with Crippen LogP contribution in [0.3, 0.4) is 0 Å². The van der Waals surface area contributed by atoms with Crippen LogP contribution in [0.4, 0.5) is 17.1 Å². The van der Waals surface area contributed by atoms with E-state index in [1.165, 1.54) is 12.1 Å². The molecule has 1 aliphatic heterocycles. The number of rotatable bonds is 12. The fourth-order valence-corrected chi connectivity index (χ4v) is 3.85. The number of nitrogens with zero attached hydrogens (tertiary/aromatic N) is 3. The van der Waals surface area contributed by atoms with E-state index in [0.717, 1.165) is 5.56 Å². The highest BCUT2D eigenvalue weighted by molar-refractivity contribution is 6.02. The van der Waals surface area contributed by atoms with E-state index in [0.29, 0.717) is 36.6 Å². The summed E-state index contributed by atoms with van der Waals surface area (Å²) in [7, 11) is 0. The van der Waals surface area contributed by atoms with Crippen molar-refractivity contribution in [2.45, 2.75) is 39.7 Å². The molecule has 1 unspecified atom stereocenters. The molecule has 1 atom stereocenters. The molecule has 12 heteroatoms. The van der Waals surface area contributed by atoms with Crippen LogP contribution in [0.5, 0.6) is 0 Å². The van der Waals surface area contributed by atoms with Crippen LogP contribution < -0.4 is 5.32 Å². The molecule has 2 aromatic rings. The van der Waals surface area contributed by atoms with Crippen LogP contribution in [-0.2, 0) is 23.9 Å². The zero-order valence-electron chi connectivity index (χ0n) is 21.5. The quantitative estimate of drug-likeness (QED) is 0.247. The number of nitrogens with one attached hydrogen (secondary N) is 1. The monoisotopic (exact) mass is 526 g/mol. The predicted molar refractivity (Wildman–Crippen MR) is 138 cm³/mol. The summed E-state index contributed by atoms with van der Waals surface area (Å²) in [5.41, 5.74) is 1.89. The minimum atomic E-state index is -0.763. The molecule has 0 aliphatic carbocycles. The molecule has 0 fully saturated rings. The number of hydrogen-bond donors (Lipinski definition) is 1. The van der Waals surface area contributed by atoms with Crippen molar-refractivity contribution < 1.29 is 33.6 Å². The number of nitro benzene ring substituents is 1. The van der Waals surface area contributed by atoms with Crippen LogP contribution in [0.25, 0.3) is 0 Å². The van der Waals surface area contributed by atoms with Crippen molar-refractivity contribution in [3.8, 4) is 0 Å². The molecule has 38 heavy (non-hydrogen) atoms. The Morgan fingerprint density at radius 2 is 1.84 bits per heavy atom. The number of nitro groups is 1. The third kappa shape index (κ3) is 7.28. The highest BCUT2D eigenvalue weighted by Gasteiger charge is 2.26. The lowest BCUT2D eigenvalue weighted by Crippen LogP contribution is -2.34. The standard InChI is InChI=1S/C26H30N4O8/c1-4-29(5-2)24(31)16-37-25(32)15-20-14-22(28-38-20)17-8-7-9-18(12-17)27-19-10-11-21(26(33)36-6-3)23(13-19)30(34)35/h7-13,20,27H,4-6,14-16H2,1-3H3. The molecule has 0 saturated heterocycles. The second-order valence-corrected chi connectivity index (χ2v) is 8.32. The van der Waals surface area contributed by atoms with Gasteiger partial charge in [0.1, 0.15) is 11.7 Å². The fraction of sp³-hybridized carbons (Fsp3) is 0.385. The van der Waals surface area contributed by atoms with Crippen LogP contribution in [0.1, 0.15) is 49.5 Å². The summed E-state index contributed by atoms with van der Waals surface area (Å²) in [4.78, 5) is 54.0. The zero-order valence-corrected chi connectivity index (χ0v) is 21.5. The molecule has 3 rings (SSSR count). The van der Waals surface area contributed by atoms with Gasteiger partial charge in [-0.25, -0.2) is 4.79 Å². The number of amides is 1. The third-order valence-corrected chi connectivity index (χ3v) is 5.77. The smallest absolute Gasteiger partial charge is 0.345 e. The Morgan fingerprint density at radius 3 is 2.53 bits per heavy atom. The molecule has 0 radical (unpaired) electrons. The molecule has 1 amide bonds. The lowest BCUT2D eigenvalue weighted by Gasteiger charge is -2.18.